The lowest BCUT2D eigenvalue weighted by Gasteiger charge is -2.10. The minimum atomic E-state index is -0.309. The number of carbonyl (C=O) groups excluding carboxylic acids is 2. The number of anilines is 2. The fraction of sp³-hybridized carbons (Fsp3) is 0.278. The Labute approximate surface area is 136 Å². The van der Waals surface area contributed by atoms with Crippen LogP contribution < -0.4 is 15.2 Å². The number of aryl methyl sites for hydroxylation is 1. The summed E-state index contributed by atoms with van der Waals surface area (Å²) in [7, 11) is 0. The molecule has 120 valence electrons. The number of benzene rings is 1. The van der Waals surface area contributed by atoms with Gasteiger partial charge in [-0.25, -0.2) is 0 Å². The number of hydrogen-bond donors (Lipinski definition) is 2. The zero-order chi connectivity index (χ0) is 16.8. The number of amides is 2. The third kappa shape index (κ3) is 4.64. The quantitative estimate of drug-likeness (QED) is 0.834. The number of rotatable bonds is 5. The van der Waals surface area contributed by atoms with Gasteiger partial charge in [-0.1, -0.05) is 6.92 Å². The van der Waals surface area contributed by atoms with Crippen molar-refractivity contribution >= 4 is 23.2 Å². The Bertz CT molecular complexity index is 678. The zero-order valence-corrected chi connectivity index (χ0v) is 13.7. The third-order valence-electron chi connectivity index (χ3n) is 3.63. The minimum absolute atomic E-state index is 0.0912. The van der Waals surface area contributed by atoms with Crippen molar-refractivity contribution < 1.29 is 14.2 Å². The van der Waals surface area contributed by atoms with Crippen LogP contribution in [0.1, 0.15) is 32.4 Å². The standard InChI is InChI=1S/C18H21N3O2/c1-4-15-9-11-21(12-10-15)13(2)18(23)20-17-7-5-16(6-8-17)19-14(3)22/h5-13H,4H2,1-3H3,(H-,19,20,22,23)/p+1/t13-/m1/s1. The lowest BCUT2D eigenvalue weighted by atomic mass is 10.2. The van der Waals surface area contributed by atoms with Crippen molar-refractivity contribution in [3.05, 3.63) is 54.4 Å². The Morgan fingerprint density at radius 3 is 2.00 bits per heavy atom. The maximum absolute atomic E-state index is 12.3. The molecular weight excluding hydrogens is 290 g/mol. The highest BCUT2D eigenvalue weighted by Gasteiger charge is 2.21. The van der Waals surface area contributed by atoms with Crippen molar-refractivity contribution in [3.63, 3.8) is 0 Å². The van der Waals surface area contributed by atoms with Gasteiger partial charge in [-0.15, -0.1) is 0 Å². The second-order valence-corrected chi connectivity index (χ2v) is 5.43. The largest absolute Gasteiger partial charge is 0.326 e. The first-order chi connectivity index (χ1) is 11.0. The summed E-state index contributed by atoms with van der Waals surface area (Å²) in [4.78, 5) is 23.3. The molecule has 0 spiro atoms. The van der Waals surface area contributed by atoms with E-state index in [-0.39, 0.29) is 17.9 Å². The van der Waals surface area contributed by atoms with Gasteiger partial charge in [0.1, 0.15) is 0 Å². The van der Waals surface area contributed by atoms with E-state index in [1.54, 1.807) is 24.3 Å². The minimum Gasteiger partial charge on any atom is -0.326 e. The van der Waals surface area contributed by atoms with Crippen LogP contribution in [0.15, 0.2) is 48.8 Å². The fourth-order valence-corrected chi connectivity index (χ4v) is 2.19. The first-order valence-electron chi connectivity index (χ1n) is 7.67. The van der Waals surface area contributed by atoms with Crippen LogP contribution in [0.3, 0.4) is 0 Å². The van der Waals surface area contributed by atoms with Crippen LogP contribution in [-0.2, 0) is 16.0 Å². The molecule has 2 rings (SSSR count). The van der Waals surface area contributed by atoms with Crippen molar-refractivity contribution in [2.24, 2.45) is 0 Å². The molecule has 23 heavy (non-hydrogen) atoms. The zero-order valence-electron chi connectivity index (χ0n) is 13.7. The molecule has 5 nitrogen and oxygen atoms in total. The van der Waals surface area contributed by atoms with Crippen LogP contribution in [0.2, 0.25) is 0 Å². The van der Waals surface area contributed by atoms with E-state index in [1.807, 2.05) is 36.0 Å². The molecule has 1 heterocycles. The Morgan fingerprint density at radius 2 is 1.52 bits per heavy atom. The van der Waals surface area contributed by atoms with E-state index in [9.17, 15) is 9.59 Å². The van der Waals surface area contributed by atoms with E-state index in [1.165, 1.54) is 12.5 Å². The van der Waals surface area contributed by atoms with Crippen LogP contribution in [0, 0.1) is 0 Å². The van der Waals surface area contributed by atoms with Crippen molar-refractivity contribution in [1.29, 1.82) is 0 Å². The maximum Gasteiger partial charge on any atom is 0.293 e. The number of aromatic nitrogens is 1. The molecule has 2 amide bonds. The number of nitrogens with one attached hydrogen (secondary N) is 2. The summed E-state index contributed by atoms with van der Waals surface area (Å²) in [6.45, 7) is 5.41. The molecule has 0 aliphatic rings. The summed E-state index contributed by atoms with van der Waals surface area (Å²) in [6.07, 6.45) is 4.81. The van der Waals surface area contributed by atoms with Gasteiger partial charge in [0.15, 0.2) is 12.4 Å². The van der Waals surface area contributed by atoms with E-state index < -0.39 is 0 Å². The summed E-state index contributed by atoms with van der Waals surface area (Å²) in [5.74, 6) is -0.214. The summed E-state index contributed by atoms with van der Waals surface area (Å²) in [5.41, 5.74) is 2.64. The predicted molar refractivity (Wildman–Crippen MR) is 90.1 cm³/mol. The molecule has 1 aromatic carbocycles. The lowest BCUT2D eigenvalue weighted by molar-refractivity contribution is -0.705. The average Bonchev–Trinajstić information content (AvgIpc) is 2.55. The monoisotopic (exact) mass is 312 g/mol. The molecule has 5 heteroatoms. The summed E-state index contributed by atoms with van der Waals surface area (Å²) in [6, 6.07) is 10.8. The highest BCUT2D eigenvalue weighted by Crippen LogP contribution is 2.14. The smallest absolute Gasteiger partial charge is 0.293 e. The Hall–Kier alpha value is -2.69. The molecular formula is C18H22N3O2+. The van der Waals surface area contributed by atoms with E-state index in [2.05, 4.69) is 17.6 Å². The normalized spacial score (nSPS) is 11.6. The van der Waals surface area contributed by atoms with Crippen LogP contribution in [0.4, 0.5) is 11.4 Å². The first-order valence-corrected chi connectivity index (χ1v) is 7.67. The Kier molecular flexibility index (Phi) is 5.46. The van der Waals surface area contributed by atoms with Gasteiger partial charge in [0.2, 0.25) is 11.9 Å². The third-order valence-corrected chi connectivity index (χ3v) is 3.63. The summed E-state index contributed by atoms with van der Waals surface area (Å²) < 4.78 is 1.88. The molecule has 0 fully saturated rings. The van der Waals surface area contributed by atoms with Crippen LogP contribution in [-0.4, -0.2) is 11.8 Å². The second kappa shape index (κ2) is 7.54. The van der Waals surface area contributed by atoms with Gasteiger partial charge in [0.05, 0.1) is 0 Å². The predicted octanol–water partition coefficient (Wildman–Crippen LogP) is 2.69. The molecule has 2 N–H and O–H groups in total. The summed E-state index contributed by atoms with van der Waals surface area (Å²) >= 11 is 0. The van der Waals surface area contributed by atoms with E-state index in [0.717, 1.165) is 6.42 Å². The van der Waals surface area contributed by atoms with Gasteiger partial charge in [0, 0.05) is 37.4 Å². The van der Waals surface area contributed by atoms with E-state index in [4.69, 9.17) is 0 Å². The van der Waals surface area contributed by atoms with Gasteiger partial charge in [-0.3, -0.25) is 9.59 Å². The number of nitrogens with zero attached hydrogens (tertiary/aromatic N) is 1. The summed E-state index contributed by atoms with van der Waals surface area (Å²) in [5, 5.41) is 5.57. The van der Waals surface area contributed by atoms with Crippen LogP contribution >= 0.6 is 0 Å². The van der Waals surface area contributed by atoms with Crippen molar-refractivity contribution in [3.8, 4) is 0 Å². The SMILES string of the molecule is CCc1cc[n+]([C@H](C)C(=O)Nc2ccc(NC(C)=O)cc2)cc1. The van der Waals surface area contributed by atoms with Crippen LogP contribution in [0.5, 0.6) is 0 Å². The average molecular weight is 312 g/mol. The maximum atomic E-state index is 12.3. The van der Waals surface area contributed by atoms with Gasteiger partial charge in [0.25, 0.3) is 5.91 Å². The van der Waals surface area contributed by atoms with Gasteiger partial charge in [-0.05, 0) is 36.2 Å². The highest BCUT2D eigenvalue weighted by atomic mass is 16.2. The van der Waals surface area contributed by atoms with Gasteiger partial charge in [-0.2, -0.15) is 4.57 Å². The molecule has 0 aliphatic carbocycles. The number of carbonyl (C=O) groups is 2. The molecule has 0 unspecified atom stereocenters. The van der Waals surface area contributed by atoms with Crippen molar-refractivity contribution in [2.75, 3.05) is 10.6 Å². The molecule has 0 aliphatic heterocycles. The molecule has 0 saturated heterocycles. The van der Waals surface area contributed by atoms with E-state index in [0.29, 0.717) is 11.4 Å². The molecule has 0 radical (unpaired) electrons. The van der Waals surface area contributed by atoms with E-state index >= 15 is 0 Å². The highest BCUT2D eigenvalue weighted by molar-refractivity contribution is 5.93. The van der Waals surface area contributed by atoms with Gasteiger partial charge < -0.3 is 10.6 Å². The second-order valence-electron chi connectivity index (χ2n) is 5.43. The molecule has 2 aromatic rings. The Balaban J connectivity index is 2.01. The lowest BCUT2D eigenvalue weighted by Crippen LogP contribution is -2.44. The van der Waals surface area contributed by atoms with Crippen LogP contribution in [0.25, 0.3) is 0 Å². The molecule has 1 atom stereocenters. The molecule has 0 saturated carbocycles. The van der Waals surface area contributed by atoms with Gasteiger partial charge >= 0.3 is 0 Å². The van der Waals surface area contributed by atoms with Crippen molar-refractivity contribution in [2.45, 2.75) is 33.2 Å². The topological polar surface area (TPSA) is 62.1 Å². The fourth-order valence-electron chi connectivity index (χ4n) is 2.19. The number of pyridine rings is 1. The van der Waals surface area contributed by atoms with Crippen molar-refractivity contribution in [1.82, 2.24) is 0 Å². The number of hydrogen-bond acceptors (Lipinski definition) is 2. The molecule has 1 aromatic heterocycles. The molecule has 0 bridgehead atoms. The Morgan fingerprint density at radius 1 is 1.00 bits per heavy atom. The first kappa shape index (κ1) is 16.7.